The number of nitrogens with two attached hydrogens (primary N) is 1. The third-order valence-electron chi connectivity index (χ3n) is 2.55. The van der Waals surface area contributed by atoms with Crippen molar-refractivity contribution in [2.24, 2.45) is 10.9 Å². The van der Waals surface area contributed by atoms with E-state index >= 15 is 0 Å². The number of rotatable bonds is 9. The van der Waals surface area contributed by atoms with Gasteiger partial charge in [-0.05, 0) is 13.3 Å². The standard InChI is InChI=1S/C12H19N5O4/c1-3-21-9(19)5-4-6-17-7-14-10(11(13)16-20-2)12(17)15-8-18/h7-8H,3-6H2,1-2H3,(H2,13,16)(H,15,18). The largest absolute Gasteiger partial charge is 0.466 e. The number of aryl methyl sites for hydroxylation is 1. The highest BCUT2D eigenvalue weighted by Crippen LogP contribution is 2.15. The second-order valence-electron chi connectivity index (χ2n) is 3.97. The van der Waals surface area contributed by atoms with Crippen LogP contribution in [-0.2, 0) is 25.7 Å². The lowest BCUT2D eigenvalue weighted by atomic mass is 10.3. The topological polar surface area (TPSA) is 121 Å². The van der Waals surface area contributed by atoms with Gasteiger partial charge in [0, 0.05) is 13.0 Å². The van der Waals surface area contributed by atoms with Crippen LogP contribution in [0.3, 0.4) is 0 Å². The van der Waals surface area contributed by atoms with Crippen molar-refractivity contribution in [3.63, 3.8) is 0 Å². The van der Waals surface area contributed by atoms with Gasteiger partial charge in [-0.2, -0.15) is 0 Å². The van der Waals surface area contributed by atoms with Gasteiger partial charge in [0.1, 0.15) is 12.9 Å². The Labute approximate surface area is 122 Å². The molecule has 3 N–H and O–H groups in total. The third-order valence-corrected chi connectivity index (χ3v) is 2.55. The fraction of sp³-hybridized carbons (Fsp3) is 0.500. The number of hydrogen-bond acceptors (Lipinski definition) is 6. The maximum atomic E-state index is 11.3. The van der Waals surface area contributed by atoms with Gasteiger partial charge in [0.25, 0.3) is 0 Å². The molecule has 21 heavy (non-hydrogen) atoms. The minimum atomic E-state index is -0.261. The van der Waals surface area contributed by atoms with Gasteiger partial charge < -0.3 is 25.2 Å². The second kappa shape index (κ2) is 8.56. The van der Waals surface area contributed by atoms with Crippen molar-refractivity contribution in [3.05, 3.63) is 12.0 Å². The number of oxime groups is 1. The van der Waals surface area contributed by atoms with Crippen molar-refractivity contribution >= 4 is 24.0 Å². The quantitative estimate of drug-likeness (QED) is 0.218. The molecular weight excluding hydrogens is 278 g/mol. The SMILES string of the molecule is CCOC(=O)CCCn1cnc(C(N)=NOC)c1NC=O. The van der Waals surface area contributed by atoms with Crippen LogP contribution in [0.4, 0.5) is 5.82 Å². The molecule has 0 aliphatic heterocycles. The van der Waals surface area contributed by atoms with Gasteiger partial charge in [0.05, 0.1) is 12.9 Å². The van der Waals surface area contributed by atoms with E-state index in [1.807, 2.05) is 0 Å². The molecule has 0 aliphatic carbocycles. The average molecular weight is 297 g/mol. The Kier molecular flexibility index (Phi) is 6.72. The normalized spacial score (nSPS) is 11.0. The van der Waals surface area contributed by atoms with Crippen LogP contribution in [-0.4, -0.2) is 41.5 Å². The number of carbonyl (C=O) groups excluding carboxylic acids is 2. The molecule has 0 aromatic carbocycles. The minimum absolute atomic E-state index is 0.0472. The van der Waals surface area contributed by atoms with Crippen LogP contribution < -0.4 is 11.1 Å². The second-order valence-corrected chi connectivity index (χ2v) is 3.97. The number of anilines is 1. The van der Waals surface area contributed by atoms with E-state index in [1.54, 1.807) is 11.5 Å². The predicted molar refractivity (Wildman–Crippen MR) is 75.5 cm³/mol. The number of carbonyl (C=O) groups is 2. The molecule has 1 amide bonds. The Morgan fingerprint density at radius 1 is 1.62 bits per heavy atom. The maximum Gasteiger partial charge on any atom is 0.305 e. The van der Waals surface area contributed by atoms with E-state index in [0.29, 0.717) is 37.5 Å². The minimum Gasteiger partial charge on any atom is -0.466 e. The highest BCUT2D eigenvalue weighted by molar-refractivity contribution is 6.01. The third kappa shape index (κ3) is 4.79. The number of aromatic nitrogens is 2. The molecule has 1 rings (SSSR count). The lowest BCUT2D eigenvalue weighted by Gasteiger charge is -2.08. The summed E-state index contributed by atoms with van der Waals surface area (Å²) in [4.78, 5) is 30.6. The van der Waals surface area contributed by atoms with Crippen molar-refractivity contribution in [2.75, 3.05) is 19.0 Å². The summed E-state index contributed by atoms with van der Waals surface area (Å²) in [5, 5.41) is 6.09. The molecule has 0 radical (unpaired) electrons. The van der Waals surface area contributed by atoms with Crippen LogP contribution in [0.2, 0.25) is 0 Å². The van der Waals surface area contributed by atoms with Crippen molar-refractivity contribution in [1.82, 2.24) is 9.55 Å². The molecule has 0 atom stereocenters. The molecule has 1 aromatic heterocycles. The first kappa shape index (κ1) is 16.5. The summed E-state index contributed by atoms with van der Waals surface area (Å²) in [5.74, 6) is 0.182. The van der Waals surface area contributed by atoms with Gasteiger partial charge in [0.15, 0.2) is 11.5 Å². The van der Waals surface area contributed by atoms with Gasteiger partial charge in [0.2, 0.25) is 6.41 Å². The molecule has 1 heterocycles. The molecule has 9 heteroatoms. The molecule has 116 valence electrons. The number of esters is 1. The first-order valence-corrected chi connectivity index (χ1v) is 6.41. The zero-order valence-electron chi connectivity index (χ0n) is 12.0. The van der Waals surface area contributed by atoms with Gasteiger partial charge in [-0.15, -0.1) is 0 Å². The zero-order valence-corrected chi connectivity index (χ0v) is 12.0. The van der Waals surface area contributed by atoms with E-state index in [1.165, 1.54) is 13.4 Å². The summed E-state index contributed by atoms with van der Waals surface area (Å²) < 4.78 is 6.51. The summed E-state index contributed by atoms with van der Waals surface area (Å²) in [6.07, 6.45) is 2.85. The predicted octanol–water partition coefficient (Wildman–Crippen LogP) is 0.0614. The summed E-state index contributed by atoms with van der Waals surface area (Å²) >= 11 is 0. The highest BCUT2D eigenvalue weighted by Gasteiger charge is 2.14. The number of nitrogens with one attached hydrogen (secondary N) is 1. The van der Waals surface area contributed by atoms with Crippen molar-refractivity contribution in [3.8, 4) is 0 Å². The number of amidine groups is 1. The van der Waals surface area contributed by atoms with Crippen LogP contribution in [0.1, 0.15) is 25.5 Å². The fourth-order valence-electron chi connectivity index (χ4n) is 1.71. The molecule has 9 nitrogen and oxygen atoms in total. The number of imidazole rings is 1. The van der Waals surface area contributed by atoms with Crippen LogP contribution in [0.15, 0.2) is 11.5 Å². The molecule has 0 unspecified atom stereocenters. The zero-order chi connectivity index (χ0) is 15.7. The average Bonchev–Trinajstić information content (AvgIpc) is 2.83. The van der Waals surface area contributed by atoms with Gasteiger partial charge in [-0.3, -0.25) is 9.59 Å². The van der Waals surface area contributed by atoms with E-state index < -0.39 is 0 Å². The lowest BCUT2D eigenvalue weighted by Crippen LogP contribution is -2.17. The van der Waals surface area contributed by atoms with Crippen LogP contribution in [0.25, 0.3) is 0 Å². The monoisotopic (exact) mass is 297 g/mol. The molecule has 0 aliphatic rings. The Hall–Kier alpha value is -2.58. The van der Waals surface area contributed by atoms with Gasteiger partial charge >= 0.3 is 5.97 Å². The number of amides is 1. The molecule has 0 fully saturated rings. The molecule has 1 aromatic rings. The van der Waals surface area contributed by atoms with Crippen molar-refractivity contribution < 1.29 is 19.2 Å². The Morgan fingerprint density at radius 3 is 3.00 bits per heavy atom. The van der Waals surface area contributed by atoms with Gasteiger partial charge in [-0.1, -0.05) is 5.16 Å². The number of ether oxygens (including phenoxy) is 1. The van der Waals surface area contributed by atoms with Crippen LogP contribution in [0, 0.1) is 0 Å². The van der Waals surface area contributed by atoms with E-state index in [-0.39, 0.29) is 18.2 Å². The van der Waals surface area contributed by atoms with Crippen molar-refractivity contribution in [2.45, 2.75) is 26.3 Å². The summed E-state index contributed by atoms with van der Waals surface area (Å²) in [6, 6.07) is 0. The first-order valence-electron chi connectivity index (χ1n) is 6.41. The van der Waals surface area contributed by atoms with E-state index in [9.17, 15) is 9.59 Å². The number of hydrogen-bond donors (Lipinski definition) is 2. The fourth-order valence-corrected chi connectivity index (χ4v) is 1.71. The Morgan fingerprint density at radius 2 is 2.38 bits per heavy atom. The van der Waals surface area contributed by atoms with Crippen LogP contribution in [0.5, 0.6) is 0 Å². The van der Waals surface area contributed by atoms with Crippen LogP contribution >= 0.6 is 0 Å². The highest BCUT2D eigenvalue weighted by atomic mass is 16.6. The van der Waals surface area contributed by atoms with E-state index in [4.69, 9.17) is 10.5 Å². The van der Waals surface area contributed by atoms with Gasteiger partial charge in [-0.25, -0.2) is 4.98 Å². The van der Waals surface area contributed by atoms with E-state index in [0.717, 1.165) is 0 Å². The lowest BCUT2D eigenvalue weighted by molar-refractivity contribution is -0.143. The molecule has 0 saturated heterocycles. The molecular formula is C12H19N5O4. The first-order chi connectivity index (χ1) is 10.1. The van der Waals surface area contributed by atoms with Crippen molar-refractivity contribution in [1.29, 1.82) is 0 Å². The molecule has 0 bridgehead atoms. The Balaban J connectivity index is 2.76. The van der Waals surface area contributed by atoms with E-state index in [2.05, 4.69) is 20.3 Å². The summed E-state index contributed by atoms with van der Waals surface area (Å²) in [6.45, 7) is 2.59. The summed E-state index contributed by atoms with van der Waals surface area (Å²) in [5.41, 5.74) is 5.99. The summed E-state index contributed by atoms with van der Waals surface area (Å²) in [7, 11) is 1.36. The maximum absolute atomic E-state index is 11.3. The Bertz CT molecular complexity index is 512. The number of nitrogens with zero attached hydrogens (tertiary/aromatic N) is 3. The molecule has 0 saturated carbocycles. The molecule has 0 spiro atoms. The smallest absolute Gasteiger partial charge is 0.305 e.